The first-order valence-electron chi connectivity index (χ1n) is 5.35. The van der Waals surface area contributed by atoms with Gasteiger partial charge in [0.15, 0.2) is 0 Å². The van der Waals surface area contributed by atoms with Crippen molar-refractivity contribution in [1.82, 2.24) is 10.3 Å². The van der Waals surface area contributed by atoms with E-state index in [0.29, 0.717) is 13.1 Å². The molecule has 0 fully saturated rings. The van der Waals surface area contributed by atoms with Gasteiger partial charge in [-0.15, -0.1) is 0 Å². The fraction of sp³-hybridized carbons (Fsp3) is 0.500. The Morgan fingerprint density at radius 1 is 1.50 bits per heavy atom. The highest BCUT2D eigenvalue weighted by Gasteiger charge is 2.23. The van der Waals surface area contributed by atoms with E-state index in [1.54, 1.807) is 0 Å². The maximum absolute atomic E-state index is 11.1. The van der Waals surface area contributed by atoms with Crippen molar-refractivity contribution in [2.75, 3.05) is 6.54 Å². The minimum Gasteiger partial charge on any atom is -0.369 e. The average molecular weight is 221 g/mol. The summed E-state index contributed by atoms with van der Waals surface area (Å²) >= 11 is 0. The highest BCUT2D eigenvalue weighted by Crippen LogP contribution is 2.12. The monoisotopic (exact) mass is 221 g/mol. The Hall–Kier alpha value is -1.42. The zero-order valence-corrected chi connectivity index (χ0v) is 10.1. The predicted octanol–water partition coefficient (Wildman–Crippen LogP) is 0.991. The van der Waals surface area contributed by atoms with Crippen LogP contribution in [-0.4, -0.2) is 17.4 Å². The molecular formula is C12H19N3O. The van der Waals surface area contributed by atoms with Crippen molar-refractivity contribution in [3.8, 4) is 0 Å². The molecule has 1 aromatic rings. The number of pyridine rings is 1. The van der Waals surface area contributed by atoms with E-state index in [4.69, 9.17) is 5.73 Å². The molecule has 3 N–H and O–H groups in total. The predicted molar refractivity (Wildman–Crippen MR) is 63.7 cm³/mol. The molecule has 1 aromatic heterocycles. The second-order valence-electron chi connectivity index (χ2n) is 4.62. The Bertz CT molecular complexity index is 374. The normalized spacial score (nSPS) is 11.4. The summed E-state index contributed by atoms with van der Waals surface area (Å²) in [4.78, 5) is 15.4. The first kappa shape index (κ1) is 12.6. The first-order valence-corrected chi connectivity index (χ1v) is 5.35. The van der Waals surface area contributed by atoms with E-state index in [9.17, 15) is 4.79 Å². The molecule has 0 aromatic carbocycles. The number of aryl methyl sites for hydroxylation is 1. The number of rotatable bonds is 5. The van der Waals surface area contributed by atoms with Gasteiger partial charge in [-0.25, -0.2) is 0 Å². The van der Waals surface area contributed by atoms with Gasteiger partial charge in [0.05, 0.1) is 11.1 Å². The van der Waals surface area contributed by atoms with Gasteiger partial charge in [-0.3, -0.25) is 9.78 Å². The fourth-order valence-electron chi connectivity index (χ4n) is 1.29. The van der Waals surface area contributed by atoms with E-state index in [-0.39, 0.29) is 5.91 Å². The molecule has 1 amide bonds. The lowest BCUT2D eigenvalue weighted by atomic mass is 9.93. The molecule has 1 heterocycles. The smallest absolute Gasteiger partial charge is 0.224 e. The molecule has 0 saturated heterocycles. The van der Waals surface area contributed by atoms with Crippen molar-refractivity contribution >= 4 is 5.91 Å². The van der Waals surface area contributed by atoms with Crippen LogP contribution in [0.5, 0.6) is 0 Å². The van der Waals surface area contributed by atoms with Crippen LogP contribution in [0, 0.1) is 12.3 Å². The third-order valence-corrected chi connectivity index (χ3v) is 2.49. The molecule has 0 unspecified atom stereocenters. The minimum atomic E-state index is -0.524. The SMILES string of the molecule is Cc1cccc(CNCC(C)(C)C(N)=O)n1. The van der Waals surface area contributed by atoms with Gasteiger partial charge in [-0.2, -0.15) is 0 Å². The summed E-state index contributed by atoms with van der Waals surface area (Å²) in [5.41, 5.74) is 6.72. The van der Waals surface area contributed by atoms with Gasteiger partial charge in [-0.1, -0.05) is 6.07 Å². The summed E-state index contributed by atoms with van der Waals surface area (Å²) in [5.74, 6) is -0.294. The van der Waals surface area contributed by atoms with E-state index >= 15 is 0 Å². The lowest BCUT2D eigenvalue weighted by molar-refractivity contribution is -0.125. The molecule has 0 aliphatic heterocycles. The second-order valence-corrected chi connectivity index (χ2v) is 4.62. The highest BCUT2D eigenvalue weighted by atomic mass is 16.1. The van der Waals surface area contributed by atoms with E-state index in [0.717, 1.165) is 11.4 Å². The maximum Gasteiger partial charge on any atom is 0.224 e. The van der Waals surface area contributed by atoms with Crippen molar-refractivity contribution in [1.29, 1.82) is 0 Å². The van der Waals surface area contributed by atoms with Gasteiger partial charge in [-0.05, 0) is 32.9 Å². The van der Waals surface area contributed by atoms with E-state index in [1.807, 2.05) is 39.0 Å². The van der Waals surface area contributed by atoms with Crippen LogP contribution in [0.3, 0.4) is 0 Å². The van der Waals surface area contributed by atoms with Gasteiger partial charge in [0.25, 0.3) is 0 Å². The van der Waals surface area contributed by atoms with Crippen LogP contribution in [0.15, 0.2) is 18.2 Å². The second kappa shape index (κ2) is 5.07. The molecule has 4 heteroatoms. The molecule has 0 saturated carbocycles. The average Bonchev–Trinajstić information content (AvgIpc) is 2.17. The van der Waals surface area contributed by atoms with E-state index in [1.165, 1.54) is 0 Å². The molecule has 0 atom stereocenters. The number of hydrogen-bond acceptors (Lipinski definition) is 3. The Morgan fingerprint density at radius 2 is 2.19 bits per heavy atom. The Labute approximate surface area is 96.3 Å². The van der Waals surface area contributed by atoms with Crippen molar-refractivity contribution in [2.24, 2.45) is 11.1 Å². The number of nitrogens with one attached hydrogen (secondary N) is 1. The summed E-state index contributed by atoms with van der Waals surface area (Å²) < 4.78 is 0. The lowest BCUT2D eigenvalue weighted by Crippen LogP contribution is -2.40. The number of carbonyl (C=O) groups is 1. The number of nitrogens with zero attached hydrogens (tertiary/aromatic N) is 1. The summed E-state index contributed by atoms with van der Waals surface area (Å²) in [6.45, 7) is 6.81. The van der Waals surface area contributed by atoms with Crippen LogP contribution in [0.1, 0.15) is 25.2 Å². The standard InChI is InChI=1S/C12H19N3O/c1-9-5-4-6-10(15-9)7-14-8-12(2,3)11(13)16/h4-6,14H,7-8H2,1-3H3,(H2,13,16). The number of primary amides is 1. The fourth-order valence-corrected chi connectivity index (χ4v) is 1.29. The van der Waals surface area contributed by atoms with Crippen LogP contribution in [0.4, 0.5) is 0 Å². The molecule has 88 valence electrons. The largest absolute Gasteiger partial charge is 0.369 e. The summed E-state index contributed by atoms with van der Waals surface area (Å²) in [6.07, 6.45) is 0. The number of amides is 1. The van der Waals surface area contributed by atoms with E-state index in [2.05, 4.69) is 10.3 Å². The number of aromatic nitrogens is 1. The van der Waals surface area contributed by atoms with Crippen molar-refractivity contribution < 1.29 is 4.79 Å². The quantitative estimate of drug-likeness (QED) is 0.779. The molecule has 0 spiro atoms. The summed E-state index contributed by atoms with van der Waals surface area (Å²) in [5, 5.41) is 3.19. The van der Waals surface area contributed by atoms with Gasteiger partial charge in [0.1, 0.15) is 0 Å². The summed E-state index contributed by atoms with van der Waals surface area (Å²) in [7, 11) is 0. The van der Waals surface area contributed by atoms with Crippen LogP contribution < -0.4 is 11.1 Å². The van der Waals surface area contributed by atoms with Crippen LogP contribution in [0.2, 0.25) is 0 Å². The molecular weight excluding hydrogens is 202 g/mol. The Kier molecular flexibility index (Phi) is 4.01. The zero-order chi connectivity index (χ0) is 12.2. The lowest BCUT2D eigenvalue weighted by Gasteiger charge is -2.20. The third-order valence-electron chi connectivity index (χ3n) is 2.49. The number of hydrogen-bond donors (Lipinski definition) is 2. The zero-order valence-electron chi connectivity index (χ0n) is 10.1. The topological polar surface area (TPSA) is 68.0 Å². The van der Waals surface area contributed by atoms with Crippen molar-refractivity contribution in [3.05, 3.63) is 29.6 Å². The Balaban J connectivity index is 2.45. The van der Waals surface area contributed by atoms with Crippen LogP contribution >= 0.6 is 0 Å². The first-order chi connectivity index (χ1) is 7.42. The number of nitrogens with two attached hydrogens (primary N) is 1. The molecule has 0 aliphatic carbocycles. The number of carbonyl (C=O) groups excluding carboxylic acids is 1. The van der Waals surface area contributed by atoms with Gasteiger partial charge in [0, 0.05) is 18.8 Å². The van der Waals surface area contributed by atoms with Crippen LogP contribution in [-0.2, 0) is 11.3 Å². The molecule has 1 rings (SSSR count). The van der Waals surface area contributed by atoms with Crippen LogP contribution in [0.25, 0.3) is 0 Å². The molecule has 0 bridgehead atoms. The Morgan fingerprint density at radius 3 is 2.75 bits per heavy atom. The maximum atomic E-state index is 11.1. The molecule has 0 aliphatic rings. The summed E-state index contributed by atoms with van der Waals surface area (Å²) in [6, 6.07) is 5.88. The van der Waals surface area contributed by atoms with Gasteiger partial charge in [0.2, 0.25) is 5.91 Å². The highest BCUT2D eigenvalue weighted by molar-refractivity contribution is 5.80. The third kappa shape index (κ3) is 3.62. The molecule has 0 radical (unpaired) electrons. The van der Waals surface area contributed by atoms with Gasteiger partial charge < -0.3 is 11.1 Å². The van der Waals surface area contributed by atoms with E-state index < -0.39 is 5.41 Å². The minimum absolute atomic E-state index is 0.294. The van der Waals surface area contributed by atoms with Crippen molar-refractivity contribution in [3.63, 3.8) is 0 Å². The molecule has 16 heavy (non-hydrogen) atoms. The van der Waals surface area contributed by atoms with Gasteiger partial charge >= 0.3 is 0 Å². The molecule has 4 nitrogen and oxygen atoms in total. The van der Waals surface area contributed by atoms with Crippen molar-refractivity contribution in [2.45, 2.75) is 27.3 Å².